The molecule has 0 atom stereocenters. The summed E-state index contributed by atoms with van der Waals surface area (Å²) in [6.07, 6.45) is 1.27. The zero-order valence-electron chi connectivity index (χ0n) is 12.0. The Kier molecular flexibility index (Phi) is 5.50. The predicted molar refractivity (Wildman–Crippen MR) is 81.2 cm³/mol. The average Bonchev–Trinajstić information content (AvgIpc) is 2.83. The van der Waals surface area contributed by atoms with Crippen LogP contribution in [0.25, 0.3) is 0 Å². The molecule has 1 saturated heterocycles. The van der Waals surface area contributed by atoms with Gasteiger partial charge in [0.15, 0.2) is 0 Å². The van der Waals surface area contributed by atoms with Crippen molar-refractivity contribution in [1.29, 1.82) is 0 Å². The highest BCUT2D eigenvalue weighted by Crippen LogP contribution is 2.14. The van der Waals surface area contributed by atoms with E-state index >= 15 is 0 Å². The van der Waals surface area contributed by atoms with Crippen molar-refractivity contribution in [2.24, 2.45) is 0 Å². The van der Waals surface area contributed by atoms with Crippen LogP contribution in [-0.4, -0.2) is 61.6 Å². The first-order chi connectivity index (χ1) is 9.49. The van der Waals surface area contributed by atoms with Crippen molar-refractivity contribution in [2.45, 2.75) is 20.0 Å². The SMILES string of the molecule is CCNCc1nc(CN2CCN(S(C)(=O)=O)CC2)cs1. The number of nitrogens with zero attached hydrogens (tertiary/aromatic N) is 3. The largest absolute Gasteiger partial charge is 0.311 e. The Morgan fingerprint density at radius 2 is 2.05 bits per heavy atom. The third-order valence-electron chi connectivity index (χ3n) is 3.31. The summed E-state index contributed by atoms with van der Waals surface area (Å²) in [6.45, 7) is 7.35. The van der Waals surface area contributed by atoms with E-state index in [0.717, 1.165) is 43.4 Å². The van der Waals surface area contributed by atoms with E-state index in [-0.39, 0.29) is 0 Å². The summed E-state index contributed by atoms with van der Waals surface area (Å²) in [7, 11) is -3.04. The molecule has 0 bridgehead atoms. The van der Waals surface area contributed by atoms with Crippen molar-refractivity contribution >= 4 is 21.4 Å². The molecule has 6 nitrogen and oxygen atoms in total. The van der Waals surface area contributed by atoms with Crippen molar-refractivity contribution in [3.8, 4) is 0 Å². The summed E-state index contributed by atoms with van der Waals surface area (Å²) in [5.41, 5.74) is 1.08. The number of sulfonamides is 1. The number of hydrogen-bond donors (Lipinski definition) is 1. The van der Waals surface area contributed by atoms with E-state index < -0.39 is 10.0 Å². The van der Waals surface area contributed by atoms with Gasteiger partial charge in [0.1, 0.15) is 5.01 Å². The molecule has 1 aromatic rings. The molecule has 1 aliphatic heterocycles. The topological polar surface area (TPSA) is 65.5 Å². The summed E-state index contributed by atoms with van der Waals surface area (Å²) < 4.78 is 24.4. The van der Waals surface area contributed by atoms with Gasteiger partial charge in [0.25, 0.3) is 0 Å². The number of thiazole rings is 1. The Labute approximate surface area is 124 Å². The molecule has 8 heteroatoms. The number of nitrogens with one attached hydrogen (secondary N) is 1. The third-order valence-corrected chi connectivity index (χ3v) is 5.51. The molecule has 20 heavy (non-hydrogen) atoms. The van der Waals surface area contributed by atoms with Gasteiger partial charge in [-0.2, -0.15) is 4.31 Å². The Morgan fingerprint density at radius 3 is 2.65 bits per heavy atom. The van der Waals surface area contributed by atoms with E-state index in [2.05, 4.69) is 27.5 Å². The first kappa shape index (κ1) is 15.8. The summed E-state index contributed by atoms with van der Waals surface area (Å²) >= 11 is 1.68. The Hall–Kier alpha value is -0.540. The molecule has 0 amide bonds. The lowest BCUT2D eigenvalue weighted by Crippen LogP contribution is -2.47. The normalized spacial score (nSPS) is 18.5. The van der Waals surface area contributed by atoms with Crippen LogP contribution in [0, 0.1) is 0 Å². The zero-order valence-corrected chi connectivity index (χ0v) is 13.6. The van der Waals surface area contributed by atoms with Gasteiger partial charge in [-0.25, -0.2) is 13.4 Å². The Morgan fingerprint density at radius 1 is 1.35 bits per heavy atom. The van der Waals surface area contributed by atoms with Gasteiger partial charge in [-0.1, -0.05) is 6.92 Å². The van der Waals surface area contributed by atoms with Crippen LogP contribution in [-0.2, 0) is 23.1 Å². The molecular formula is C12H22N4O2S2. The quantitative estimate of drug-likeness (QED) is 0.819. The van der Waals surface area contributed by atoms with Gasteiger partial charge in [-0.3, -0.25) is 4.90 Å². The van der Waals surface area contributed by atoms with Crippen LogP contribution in [0.4, 0.5) is 0 Å². The van der Waals surface area contributed by atoms with Crippen LogP contribution in [0.1, 0.15) is 17.6 Å². The Balaban J connectivity index is 1.82. The molecule has 1 aliphatic rings. The van der Waals surface area contributed by atoms with Gasteiger partial charge in [0, 0.05) is 44.6 Å². The monoisotopic (exact) mass is 318 g/mol. The summed E-state index contributed by atoms with van der Waals surface area (Å²) in [5.74, 6) is 0. The lowest BCUT2D eigenvalue weighted by Gasteiger charge is -2.32. The predicted octanol–water partition coefficient (Wildman–Crippen LogP) is 0.330. The second-order valence-electron chi connectivity index (χ2n) is 4.95. The lowest BCUT2D eigenvalue weighted by molar-refractivity contribution is 0.180. The summed E-state index contributed by atoms with van der Waals surface area (Å²) in [4.78, 5) is 6.85. The summed E-state index contributed by atoms with van der Waals surface area (Å²) in [5, 5.41) is 6.47. The van der Waals surface area contributed by atoms with Gasteiger partial charge in [0.05, 0.1) is 11.9 Å². The smallest absolute Gasteiger partial charge is 0.211 e. The lowest BCUT2D eigenvalue weighted by atomic mass is 10.3. The average molecular weight is 318 g/mol. The van der Waals surface area contributed by atoms with Crippen LogP contribution >= 0.6 is 11.3 Å². The fraction of sp³-hybridized carbons (Fsp3) is 0.750. The molecule has 1 fully saturated rings. The van der Waals surface area contributed by atoms with Crippen LogP contribution in [0.2, 0.25) is 0 Å². The van der Waals surface area contributed by atoms with Gasteiger partial charge >= 0.3 is 0 Å². The fourth-order valence-corrected chi connectivity index (χ4v) is 3.76. The Bertz CT molecular complexity index is 521. The molecule has 0 unspecified atom stereocenters. The summed E-state index contributed by atoms with van der Waals surface area (Å²) in [6, 6.07) is 0. The third kappa shape index (κ3) is 4.49. The maximum absolute atomic E-state index is 11.4. The molecular weight excluding hydrogens is 296 g/mol. The van der Waals surface area contributed by atoms with Crippen molar-refractivity contribution in [3.05, 3.63) is 16.1 Å². The second-order valence-corrected chi connectivity index (χ2v) is 7.88. The maximum Gasteiger partial charge on any atom is 0.211 e. The minimum absolute atomic E-state index is 0.577. The highest BCUT2D eigenvalue weighted by molar-refractivity contribution is 7.88. The molecule has 2 rings (SSSR count). The zero-order chi connectivity index (χ0) is 14.6. The van der Waals surface area contributed by atoms with Gasteiger partial charge < -0.3 is 5.32 Å². The van der Waals surface area contributed by atoms with Crippen LogP contribution in [0.15, 0.2) is 5.38 Å². The van der Waals surface area contributed by atoms with Crippen molar-refractivity contribution in [3.63, 3.8) is 0 Å². The number of aromatic nitrogens is 1. The van der Waals surface area contributed by atoms with Crippen LogP contribution in [0.3, 0.4) is 0 Å². The van der Waals surface area contributed by atoms with Crippen molar-refractivity contribution < 1.29 is 8.42 Å². The molecule has 114 valence electrons. The first-order valence-corrected chi connectivity index (χ1v) is 9.53. The van der Waals surface area contributed by atoms with Crippen molar-refractivity contribution in [1.82, 2.24) is 19.5 Å². The molecule has 1 N–H and O–H groups in total. The van der Waals surface area contributed by atoms with Crippen LogP contribution in [0.5, 0.6) is 0 Å². The number of hydrogen-bond acceptors (Lipinski definition) is 6. The molecule has 0 aliphatic carbocycles. The molecule has 0 saturated carbocycles. The number of piperazine rings is 1. The van der Waals surface area contributed by atoms with E-state index in [0.29, 0.717) is 13.1 Å². The molecule has 0 radical (unpaired) electrons. The van der Waals surface area contributed by atoms with E-state index in [1.165, 1.54) is 6.26 Å². The highest BCUT2D eigenvalue weighted by atomic mass is 32.2. The minimum Gasteiger partial charge on any atom is -0.311 e. The van der Waals surface area contributed by atoms with Gasteiger partial charge in [0.2, 0.25) is 10.0 Å². The molecule has 0 aromatic carbocycles. The standard InChI is InChI=1S/C12H22N4O2S2/c1-3-13-8-12-14-11(10-19-12)9-15-4-6-16(7-5-15)20(2,17)18/h10,13H,3-9H2,1-2H3. The fourth-order valence-electron chi connectivity index (χ4n) is 2.18. The molecule has 1 aromatic heterocycles. The first-order valence-electron chi connectivity index (χ1n) is 6.80. The number of rotatable bonds is 6. The second kappa shape index (κ2) is 6.95. The minimum atomic E-state index is -3.04. The van der Waals surface area contributed by atoms with E-state index in [1.54, 1.807) is 15.6 Å². The van der Waals surface area contributed by atoms with Crippen LogP contribution < -0.4 is 5.32 Å². The van der Waals surface area contributed by atoms with E-state index in [1.807, 2.05) is 0 Å². The molecule has 2 heterocycles. The highest BCUT2D eigenvalue weighted by Gasteiger charge is 2.23. The van der Waals surface area contributed by atoms with Gasteiger partial charge in [-0.15, -0.1) is 11.3 Å². The van der Waals surface area contributed by atoms with Crippen molar-refractivity contribution in [2.75, 3.05) is 39.0 Å². The van der Waals surface area contributed by atoms with Gasteiger partial charge in [-0.05, 0) is 6.54 Å². The maximum atomic E-state index is 11.4. The molecule has 0 spiro atoms. The van der Waals surface area contributed by atoms with E-state index in [4.69, 9.17) is 0 Å². The van der Waals surface area contributed by atoms with E-state index in [9.17, 15) is 8.42 Å².